The molecule has 1 amide bonds. The highest BCUT2D eigenvalue weighted by Gasteiger charge is 2.40. The minimum atomic E-state index is -4.86. The molecule has 3 rings (SSSR count). The Morgan fingerprint density at radius 3 is 2.57 bits per heavy atom. The summed E-state index contributed by atoms with van der Waals surface area (Å²) in [7, 11) is 0. The van der Waals surface area contributed by atoms with Crippen LogP contribution in [0.15, 0.2) is 48.7 Å². The highest BCUT2D eigenvalue weighted by molar-refractivity contribution is 6.29. The van der Waals surface area contributed by atoms with Crippen molar-refractivity contribution in [1.82, 2.24) is 20.1 Å². The van der Waals surface area contributed by atoms with Crippen molar-refractivity contribution in [3.05, 3.63) is 76.5 Å². The second-order valence-electron chi connectivity index (χ2n) is 5.73. The molecule has 0 saturated carbocycles. The van der Waals surface area contributed by atoms with E-state index >= 15 is 0 Å². The average molecular weight is 413 g/mol. The zero-order chi connectivity index (χ0) is 20.3. The summed E-state index contributed by atoms with van der Waals surface area (Å²) in [4.78, 5) is 16.1. The fourth-order valence-electron chi connectivity index (χ4n) is 2.58. The van der Waals surface area contributed by atoms with Crippen molar-refractivity contribution >= 4 is 17.5 Å². The van der Waals surface area contributed by atoms with Gasteiger partial charge in [0.1, 0.15) is 11.0 Å². The van der Waals surface area contributed by atoms with Gasteiger partial charge in [0.2, 0.25) is 0 Å². The Morgan fingerprint density at radius 1 is 1.14 bits per heavy atom. The van der Waals surface area contributed by atoms with Crippen LogP contribution >= 0.6 is 11.6 Å². The number of benzene rings is 1. The first-order valence-electron chi connectivity index (χ1n) is 8.07. The van der Waals surface area contributed by atoms with Crippen LogP contribution in [0.2, 0.25) is 5.15 Å². The van der Waals surface area contributed by atoms with Crippen LogP contribution in [-0.2, 0) is 12.6 Å². The number of nitrogens with zero attached hydrogens (tertiary/aromatic N) is 3. The van der Waals surface area contributed by atoms with E-state index in [1.165, 1.54) is 36.4 Å². The largest absolute Gasteiger partial charge is 0.434 e. The molecule has 0 aliphatic rings. The summed E-state index contributed by atoms with van der Waals surface area (Å²) < 4.78 is 54.8. The fraction of sp³-hybridized carbons (Fsp3) is 0.167. The van der Waals surface area contributed by atoms with E-state index in [1.807, 2.05) is 0 Å². The minimum absolute atomic E-state index is 0.0167. The van der Waals surface area contributed by atoms with E-state index in [4.69, 9.17) is 11.6 Å². The minimum Gasteiger partial charge on any atom is -0.352 e. The quantitative estimate of drug-likeness (QED) is 0.508. The van der Waals surface area contributed by atoms with Gasteiger partial charge in [-0.3, -0.25) is 4.79 Å². The fourth-order valence-corrected chi connectivity index (χ4v) is 2.74. The molecule has 28 heavy (non-hydrogen) atoms. The standard InChI is InChI=1S/C18H13ClF4N4O/c19-14-6-3-7-15(26-14)27-16(18(21,22)23)12(10-25-27)17(28)24-9-8-11-4-1-2-5-13(11)20/h1-7,10H,8-9H2,(H,24,28). The maximum Gasteiger partial charge on any atom is 0.434 e. The summed E-state index contributed by atoms with van der Waals surface area (Å²) >= 11 is 5.73. The Kier molecular flexibility index (Phi) is 5.64. The van der Waals surface area contributed by atoms with Gasteiger partial charge in [0.25, 0.3) is 5.91 Å². The molecule has 0 bridgehead atoms. The van der Waals surface area contributed by atoms with Crippen LogP contribution in [0.4, 0.5) is 17.6 Å². The molecule has 2 heterocycles. The van der Waals surface area contributed by atoms with Crippen molar-refractivity contribution in [2.24, 2.45) is 0 Å². The molecular formula is C18H13ClF4N4O. The van der Waals surface area contributed by atoms with Gasteiger partial charge in [-0.15, -0.1) is 0 Å². The molecule has 2 aromatic heterocycles. The van der Waals surface area contributed by atoms with Crippen LogP contribution in [-0.4, -0.2) is 27.2 Å². The lowest BCUT2D eigenvalue weighted by Crippen LogP contribution is -2.28. The molecule has 0 unspecified atom stereocenters. The van der Waals surface area contributed by atoms with E-state index in [2.05, 4.69) is 15.4 Å². The van der Waals surface area contributed by atoms with Crippen LogP contribution in [0.1, 0.15) is 21.6 Å². The number of pyridine rings is 1. The SMILES string of the molecule is O=C(NCCc1ccccc1F)c1cnn(-c2cccc(Cl)n2)c1C(F)(F)F. The predicted molar refractivity (Wildman–Crippen MR) is 93.8 cm³/mol. The average Bonchev–Trinajstić information content (AvgIpc) is 3.09. The normalized spacial score (nSPS) is 11.5. The van der Waals surface area contributed by atoms with Gasteiger partial charge in [-0.25, -0.2) is 14.1 Å². The first kappa shape index (κ1) is 19.8. The van der Waals surface area contributed by atoms with Gasteiger partial charge in [0.15, 0.2) is 11.5 Å². The zero-order valence-electron chi connectivity index (χ0n) is 14.2. The Hall–Kier alpha value is -2.94. The third-order valence-corrected chi connectivity index (χ3v) is 4.05. The predicted octanol–water partition coefficient (Wildman–Crippen LogP) is 4.05. The molecule has 1 aromatic carbocycles. The maximum absolute atomic E-state index is 13.6. The third kappa shape index (κ3) is 4.30. The number of amides is 1. The molecule has 146 valence electrons. The van der Waals surface area contributed by atoms with Crippen LogP contribution in [0.25, 0.3) is 5.82 Å². The number of carbonyl (C=O) groups excluding carboxylic acids is 1. The number of halogens is 5. The number of hydrogen-bond donors (Lipinski definition) is 1. The second kappa shape index (κ2) is 7.97. The monoisotopic (exact) mass is 412 g/mol. The molecule has 0 saturated heterocycles. The van der Waals surface area contributed by atoms with Crippen LogP contribution in [0, 0.1) is 5.82 Å². The molecule has 0 fully saturated rings. The zero-order valence-corrected chi connectivity index (χ0v) is 14.9. The Balaban J connectivity index is 1.83. The van der Waals surface area contributed by atoms with E-state index < -0.39 is 29.2 Å². The lowest BCUT2D eigenvalue weighted by Gasteiger charge is -2.12. The van der Waals surface area contributed by atoms with Gasteiger partial charge < -0.3 is 5.32 Å². The van der Waals surface area contributed by atoms with Crippen molar-refractivity contribution in [3.63, 3.8) is 0 Å². The van der Waals surface area contributed by atoms with E-state index in [0.717, 1.165) is 6.20 Å². The molecule has 5 nitrogen and oxygen atoms in total. The molecule has 3 aromatic rings. The molecular weight excluding hydrogens is 400 g/mol. The number of nitrogens with one attached hydrogen (secondary N) is 1. The number of rotatable bonds is 5. The molecule has 0 aliphatic heterocycles. The number of alkyl halides is 3. The van der Waals surface area contributed by atoms with E-state index in [9.17, 15) is 22.4 Å². The smallest absolute Gasteiger partial charge is 0.352 e. The summed E-state index contributed by atoms with van der Waals surface area (Å²) in [6, 6.07) is 10.1. The van der Waals surface area contributed by atoms with E-state index in [1.54, 1.807) is 6.07 Å². The van der Waals surface area contributed by atoms with Gasteiger partial charge >= 0.3 is 6.18 Å². The summed E-state index contributed by atoms with van der Waals surface area (Å²) in [5.74, 6) is -1.60. The summed E-state index contributed by atoms with van der Waals surface area (Å²) in [5.41, 5.74) is -1.59. The topological polar surface area (TPSA) is 59.8 Å². The lowest BCUT2D eigenvalue weighted by molar-refractivity contribution is -0.143. The highest BCUT2D eigenvalue weighted by Crippen LogP contribution is 2.33. The second-order valence-corrected chi connectivity index (χ2v) is 6.12. The van der Waals surface area contributed by atoms with E-state index in [0.29, 0.717) is 10.2 Å². The first-order chi connectivity index (χ1) is 13.3. The summed E-state index contributed by atoms with van der Waals surface area (Å²) in [6.45, 7) is -0.0440. The van der Waals surface area contributed by atoms with Crippen LogP contribution in [0.5, 0.6) is 0 Å². The summed E-state index contributed by atoms with van der Waals surface area (Å²) in [6.07, 6.45) is -3.92. The van der Waals surface area contributed by atoms with Gasteiger partial charge in [0.05, 0.1) is 11.8 Å². The number of hydrogen-bond acceptors (Lipinski definition) is 3. The van der Waals surface area contributed by atoms with Crippen molar-refractivity contribution < 1.29 is 22.4 Å². The Morgan fingerprint density at radius 2 is 1.89 bits per heavy atom. The third-order valence-electron chi connectivity index (χ3n) is 3.84. The Labute approximate surface area is 162 Å². The van der Waals surface area contributed by atoms with Crippen molar-refractivity contribution in [2.75, 3.05) is 6.54 Å². The molecule has 0 spiro atoms. The lowest BCUT2D eigenvalue weighted by atomic mass is 10.1. The Bertz CT molecular complexity index is 1000. The summed E-state index contributed by atoms with van der Waals surface area (Å²) in [5, 5.41) is 5.99. The molecule has 0 radical (unpaired) electrons. The number of aromatic nitrogens is 3. The number of carbonyl (C=O) groups is 1. The van der Waals surface area contributed by atoms with Crippen LogP contribution < -0.4 is 5.32 Å². The van der Waals surface area contributed by atoms with Gasteiger partial charge in [0, 0.05) is 6.54 Å². The van der Waals surface area contributed by atoms with Gasteiger partial charge in [-0.2, -0.15) is 18.3 Å². The van der Waals surface area contributed by atoms with Crippen molar-refractivity contribution in [2.45, 2.75) is 12.6 Å². The molecule has 1 N–H and O–H groups in total. The maximum atomic E-state index is 13.6. The van der Waals surface area contributed by atoms with Gasteiger partial charge in [-0.05, 0) is 30.2 Å². The molecule has 0 aliphatic carbocycles. The highest BCUT2D eigenvalue weighted by atomic mass is 35.5. The molecule has 10 heteroatoms. The van der Waals surface area contributed by atoms with Crippen molar-refractivity contribution in [1.29, 1.82) is 0 Å². The van der Waals surface area contributed by atoms with E-state index in [-0.39, 0.29) is 23.9 Å². The van der Waals surface area contributed by atoms with Gasteiger partial charge in [-0.1, -0.05) is 35.9 Å². The van der Waals surface area contributed by atoms with Crippen LogP contribution in [0.3, 0.4) is 0 Å². The van der Waals surface area contributed by atoms with Crippen molar-refractivity contribution in [3.8, 4) is 5.82 Å². The first-order valence-corrected chi connectivity index (χ1v) is 8.45. The molecule has 0 atom stereocenters.